The van der Waals surface area contributed by atoms with E-state index in [2.05, 4.69) is 37.3 Å². The Balaban J connectivity index is 2.69. The van der Waals surface area contributed by atoms with Gasteiger partial charge in [-0.25, -0.2) is 0 Å². The molecule has 0 heterocycles. The minimum atomic E-state index is 0.922. The summed E-state index contributed by atoms with van der Waals surface area (Å²) in [5.41, 5.74) is 8.19. The second kappa shape index (κ2) is 3.70. The fourth-order valence-corrected chi connectivity index (χ4v) is 1.88. The highest BCUT2D eigenvalue weighted by atomic mass is 14.6. The quantitative estimate of drug-likeness (QED) is 0.713. The smallest absolute Gasteiger partial charge is 0.0353 e. The fraction of sp³-hybridized carbons (Fsp3) is 0.231. The van der Waals surface area contributed by atoms with Crippen LogP contribution in [0, 0.1) is 0 Å². The van der Waals surface area contributed by atoms with Gasteiger partial charge in [0.2, 0.25) is 0 Å². The van der Waals surface area contributed by atoms with Crippen molar-refractivity contribution in [1.29, 1.82) is 0 Å². The Hall–Kier alpha value is -1.50. The monoisotopic (exact) mass is 185 g/mol. The molecule has 0 atom stereocenters. The lowest BCUT2D eigenvalue weighted by Crippen LogP contribution is -1.94. The number of rotatable bonds is 2. The van der Waals surface area contributed by atoms with Crippen molar-refractivity contribution in [3.8, 4) is 0 Å². The molecule has 0 saturated heterocycles. The van der Waals surface area contributed by atoms with Crippen LogP contribution in [-0.4, -0.2) is 0 Å². The first kappa shape index (κ1) is 9.07. The molecule has 0 radical (unpaired) electrons. The molecule has 1 nitrogen and oxygen atoms in total. The van der Waals surface area contributed by atoms with Crippen LogP contribution >= 0.6 is 0 Å². The van der Waals surface area contributed by atoms with Crippen molar-refractivity contribution in [2.24, 2.45) is 0 Å². The first-order chi connectivity index (χ1) is 6.83. The first-order valence-corrected chi connectivity index (χ1v) is 5.09. The van der Waals surface area contributed by atoms with Crippen molar-refractivity contribution in [3.63, 3.8) is 0 Å². The maximum absolute atomic E-state index is 5.97. The molecule has 2 rings (SSSR count). The highest BCUT2D eigenvalue weighted by Gasteiger charge is 2.03. The Morgan fingerprint density at radius 2 is 1.86 bits per heavy atom. The van der Waals surface area contributed by atoms with Crippen LogP contribution in [0.5, 0.6) is 0 Å². The van der Waals surface area contributed by atoms with Gasteiger partial charge in [0.25, 0.3) is 0 Å². The predicted octanol–water partition coefficient (Wildman–Crippen LogP) is 3.37. The molecule has 0 spiro atoms. The zero-order valence-electron chi connectivity index (χ0n) is 8.46. The number of benzene rings is 2. The van der Waals surface area contributed by atoms with Gasteiger partial charge in [-0.15, -0.1) is 0 Å². The van der Waals surface area contributed by atoms with Gasteiger partial charge in [-0.2, -0.15) is 0 Å². The zero-order valence-corrected chi connectivity index (χ0v) is 8.46. The van der Waals surface area contributed by atoms with Gasteiger partial charge in [-0.05, 0) is 28.8 Å². The number of aryl methyl sites for hydroxylation is 1. The van der Waals surface area contributed by atoms with Crippen LogP contribution in [0.1, 0.15) is 18.9 Å². The summed E-state index contributed by atoms with van der Waals surface area (Å²) in [6, 6.07) is 12.5. The number of nitrogens with two attached hydrogens (primary N) is 1. The Morgan fingerprint density at radius 1 is 1.07 bits per heavy atom. The summed E-state index contributed by atoms with van der Waals surface area (Å²) in [7, 11) is 0. The highest BCUT2D eigenvalue weighted by Crippen LogP contribution is 2.25. The van der Waals surface area contributed by atoms with E-state index in [0.717, 1.165) is 18.5 Å². The van der Waals surface area contributed by atoms with Crippen molar-refractivity contribution in [2.45, 2.75) is 19.8 Å². The van der Waals surface area contributed by atoms with E-state index in [1.807, 2.05) is 6.07 Å². The SMILES string of the molecule is CCCc1c(N)ccc2ccccc12. The molecule has 0 amide bonds. The minimum absolute atomic E-state index is 0.922. The van der Waals surface area contributed by atoms with Gasteiger partial charge in [0.05, 0.1) is 0 Å². The Bertz CT molecular complexity index is 446. The van der Waals surface area contributed by atoms with Gasteiger partial charge in [0.1, 0.15) is 0 Å². The van der Waals surface area contributed by atoms with Crippen LogP contribution < -0.4 is 5.73 Å². The second-order valence-electron chi connectivity index (χ2n) is 3.60. The number of hydrogen-bond acceptors (Lipinski definition) is 1. The van der Waals surface area contributed by atoms with E-state index < -0.39 is 0 Å². The average Bonchev–Trinajstić information content (AvgIpc) is 2.23. The van der Waals surface area contributed by atoms with Crippen LogP contribution in [0.4, 0.5) is 5.69 Å². The molecule has 2 N–H and O–H groups in total. The largest absolute Gasteiger partial charge is 0.398 e. The molecule has 0 unspecified atom stereocenters. The van der Waals surface area contributed by atoms with Crippen LogP contribution in [0.2, 0.25) is 0 Å². The van der Waals surface area contributed by atoms with Gasteiger partial charge in [0, 0.05) is 5.69 Å². The molecule has 0 aliphatic heterocycles. The predicted molar refractivity (Wildman–Crippen MR) is 62.4 cm³/mol. The molecule has 72 valence electrons. The summed E-state index contributed by atoms with van der Waals surface area (Å²) in [5, 5.41) is 2.58. The highest BCUT2D eigenvalue weighted by molar-refractivity contribution is 5.89. The van der Waals surface area contributed by atoms with Crippen molar-refractivity contribution >= 4 is 16.5 Å². The Morgan fingerprint density at radius 3 is 2.64 bits per heavy atom. The standard InChI is InChI=1S/C13H15N/c1-2-5-12-11-7-4-3-6-10(11)8-9-13(12)14/h3-4,6-9H,2,5,14H2,1H3. The third-order valence-corrected chi connectivity index (χ3v) is 2.58. The Kier molecular flexibility index (Phi) is 2.40. The first-order valence-electron chi connectivity index (χ1n) is 5.09. The number of hydrogen-bond donors (Lipinski definition) is 1. The van der Waals surface area contributed by atoms with Gasteiger partial charge < -0.3 is 5.73 Å². The number of anilines is 1. The summed E-state index contributed by atoms with van der Waals surface area (Å²) in [6.07, 6.45) is 2.20. The topological polar surface area (TPSA) is 26.0 Å². The summed E-state index contributed by atoms with van der Waals surface area (Å²) in [6.45, 7) is 2.18. The molecule has 0 fully saturated rings. The van der Waals surface area contributed by atoms with E-state index in [0.29, 0.717) is 0 Å². The molecular formula is C13H15N. The Labute approximate surface area is 84.5 Å². The lowest BCUT2D eigenvalue weighted by atomic mass is 9.99. The molecule has 14 heavy (non-hydrogen) atoms. The molecule has 2 aromatic carbocycles. The summed E-state index contributed by atoms with van der Waals surface area (Å²) >= 11 is 0. The maximum Gasteiger partial charge on any atom is 0.0353 e. The van der Waals surface area contributed by atoms with Gasteiger partial charge in [-0.3, -0.25) is 0 Å². The molecule has 1 heteroatoms. The average molecular weight is 185 g/mol. The van der Waals surface area contributed by atoms with E-state index in [1.54, 1.807) is 0 Å². The van der Waals surface area contributed by atoms with Crippen LogP contribution in [0.15, 0.2) is 36.4 Å². The van der Waals surface area contributed by atoms with Crippen molar-refractivity contribution < 1.29 is 0 Å². The van der Waals surface area contributed by atoms with Crippen molar-refractivity contribution in [3.05, 3.63) is 42.0 Å². The molecule has 0 saturated carbocycles. The van der Waals surface area contributed by atoms with Crippen LogP contribution in [0.25, 0.3) is 10.8 Å². The normalized spacial score (nSPS) is 10.6. The van der Waals surface area contributed by atoms with E-state index in [9.17, 15) is 0 Å². The van der Waals surface area contributed by atoms with E-state index in [1.165, 1.54) is 16.3 Å². The molecule has 2 aromatic rings. The lowest BCUT2D eigenvalue weighted by Gasteiger charge is -2.08. The fourth-order valence-electron chi connectivity index (χ4n) is 1.88. The van der Waals surface area contributed by atoms with E-state index in [-0.39, 0.29) is 0 Å². The maximum atomic E-state index is 5.97. The third-order valence-electron chi connectivity index (χ3n) is 2.58. The number of fused-ring (bicyclic) bond motifs is 1. The van der Waals surface area contributed by atoms with Gasteiger partial charge in [0.15, 0.2) is 0 Å². The lowest BCUT2D eigenvalue weighted by molar-refractivity contribution is 0.932. The summed E-state index contributed by atoms with van der Waals surface area (Å²) < 4.78 is 0. The van der Waals surface area contributed by atoms with E-state index in [4.69, 9.17) is 5.73 Å². The van der Waals surface area contributed by atoms with Crippen molar-refractivity contribution in [1.82, 2.24) is 0 Å². The molecule has 0 bridgehead atoms. The summed E-state index contributed by atoms with van der Waals surface area (Å²) in [4.78, 5) is 0. The second-order valence-corrected chi connectivity index (χ2v) is 3.60. The molecule has 0 aliphatic carbocycles. The van der Waals surface area contributed by atoms with E-state index >= 15 is 0 Å². The molecule has 0 aliphatic rings. The van der Waals surface area contributed by atoms with Crippen LogP contribution in [0.3, 0.4) is 0 Å². The third kappa shape index (κ3) is 1.46. The van der Waals surface area contributed by atoms with Crippen LogP contribution in [-0.2, 0) is 6.42 Å². The molecular weight excluding hydrogens is 170 g/mol. The molecule has 0 aromatic heterocycles. The minimum Gasteiger partial charge on any atom is -0.398 e. The summed E-state index contributed by atoms with van der Waals surface area (Å²) in [5.74, 6) is 0. The zero-order chi connectivity index (χ0) is 9.97. The number of nitrogen functional groups attached to an aromatic ring is 1. The van der Waals surface area contributed by atoms with Gasteiger partial charge >= 0.3 is 0 Å². The van der Waals surface area contributed by atoms with Gasteiger partial charge in [-0.1, -0.05) is 43.7 Å². The van der Waals surface area contributed by atoms with Crippen molar-refractivity contribution in [2.75, 3.05) is 5.73 Å².